The summed E-state index contributed by atoms with van der Waals surface area (Å²) in [6.07, 6.45) is -4.39. The molecule has 3 aromatic rings. The summed E-state index contributed by atoms with van der Waals surface area (Å²) in [5.74, 6) is 0.695. The zero-order chi connectivity index (χ0) is 19.6. The van der Waals surface area contributed by atoms with Crippen molar-refractivity contribution in [1.29, 1.82) is 0 Å². The number of hydrogen-bond donors (Lipinski definition) is 0. The lowest BCUT2D eigenvalue weighted by molar-refractivity contribution is -0.137. The highest BCUT2D eigenvalue weighted by Crippen LogP contribution is 2.30. The summed E-state index contributed by atoms with van der Waals surface area (Å²) >= 11 is 0. The fraction of sp³-hybridized carbons (Fsp3) is 0.300. The van der Waals surface area contributed by atoms with E-state index in [0.29, 0.717) is 31.2 Å². The van der Waals surface area contributed by atoms with Crippen LogP contribution in [0.4, 0.5) is 13.2 Å². The minimum Gasteiger partial charge on any atom is -0.371 e. The number of hydrogen-bond acceptors (Lipinski definition) is 5. The molecule has 2 aromatic carbocycles. The van der Waals surface area contributed by atoms with Gasteiger partial charge in [0.25, 0.3) is 0 Å². The summed E-state index contributed by atoms with van der Waals surface area (Å²) in [6, 6.07) is 14.7. The Morgan fingerprint density at radius 1 is 1.04 bits per heavy atom. The third-order valence-corrected chi connectivity index (χ3v) is 4.62. The molecule has 0 N–H and O–H groups in total. The number of alkyl halides is 3. The molecule has 1 aromatic heterocycles. The Morgan fingerprint density at radius 3 is 2.50 bits per heavy atom. The minimum atomic E-state index is -4.37. The molecule has 8 heteroatoms. The van der Waals surface area contributed by atoms with E-state index in [9.17, 15) is 13.2 Å². The molecule has 0 amide bonds. The molecule has 4 rings (SSSR count). The summed E-state index contributed by atoms with van der Waals surface area (Å²) in [5, 5.41) is 3.90. The molecule has 0 saturated carbocycles. The van der Waals surface area contributed by atoms with Crippen molar-refractivity contribution in [3.05, 3.63) is 71.6 Å². The summed E-state index contributed by atoms with van der Waals surface area (Å²) < 4.78 is 49.2. The molecule has 28 heavy (non-hydrogen) atoms. The molecule has 0 aliphatic carbocycles. The molecule has 146 valence electrons. The summed E-state index contributed by atoms with van der Waals surface area (Å²) in [5.41, 5.74) is 0.885. The average Bonchev–Trinajstić information content (AvgIpc) is 3.17. The van der Waals surface area contributed by atoms with Crippen LogP contribution < -0.4 is 0 Å². The fourth-order valence-corrected chi connectivity index (χ4v) is 3.15. The molecule has 1 unspecified atom stereocenters. The van der Waals surface area contributed by atoms with Gasteiger partial charge in [0.15, 0.2) is 0 Å². The summed E-state index contributed by atoms with van der Waals surface area (Å²) in [7, 11) is 0. The largest absolute Gasteiger partial charge is 0.416 e. The standard InChI is InChI=1S/C20H18F3N3O2/c21-20(22,23)16-8-6-15(7-9-16)19-24-18(28-25-19)13-26-10-11-27-17(12-26)14-4-2-1-3-5-14/h1-9,17H,10-13H2. The van der Waals surface area contributed by atoms with Gasteiger partial charge < -0.3 is 9.26 Å². The molecular weight excluding hydrogens is 371 g/mol. The second-order valence-corrected chi connectivity index (χ2v) is 6.59. The molecule has 0 radical (unpaired) electrons. The van der Waals surface area contributed by atoms with Gasteiger partial charge in [-0.15, -0.1) is 0 Å². The van der Waals surface area contributed by atoms with Gasteiger partial charge in [0, 0.05) is 18.7 Å². The van der Waals surface area contributed by atoms with Crippen molar-refractivity contribution in [1.82, 2.24) is 15.0 Å². The number of ether oxygens (including phenoxy) is 1. The van der Waals surface area contributed by atoms with Gasteiger partial charge in [-0.2, -0.15) is 18.2 Å². The van der Waals surface area contributed by atoms with Gasteiger partial charge in [0.05, 0.1) is 24.8 Å². The number of halogens is 3. The van der Waals surface area contributed by atoms with Crippen LogP contribution >= 0.6 is 0 Å². The van der Waals surface area contributed by atoms with E-state index in [2.05, 4.69) is 15.0 Å². The van der Waals surface area contributed by atoms with Crippen molar-refractivity contribution < 1.29 is 22.4 Å². The van der Waals surface area contributed by atoms with E-state index in [-0.39, 0.29) is 11.9 Å². The predicted octanol–water partition coefficient (Wildman–Crippen LogP) is 4.33. The van der Waals surface area contributed by atoms with Gasteiger partial charge in [-0.1, -0.05) is 47.6 Å². The van der Waals surface area contributed by atoms with Gasteiger partial charge in [-0.3, -0.25) is 4.90 Å². The fourth-order valence-electron chi connectivity index (χ4n) is 3.15. The molecule has 1 fully saturated rings. The maximum Gasteiger partial charge on any atom is 0.416 e. The summed E-state index contributed by atoms with van der Waals surface area (Å²) in [4.78, 5) is 6.48. The second-order valence-electron chi connectivity index (χ2n) is 6.59. The summed E-state index contributed by atoms with van der Waals surface area (Å²) in [6.45, 7) is 2.49. The Balaban J connectivity index is 1.42. The third kappa shape index (κ3) is 4.23. The van der Waals surface area contributed by atoms with Crippen LogP contribution in [0.25, 0.3) is 11.4 Å². The van der Waals surface area contributed by atoms with E-state index in [1.165, 1.54) is 12.1 Å². The molecule has 2 heterocycles. The third-order valence-electron chi connectivity index (χ3n) is 4.62. The zero-order valence-corrected chi connectivity index (χ0v) is 14.9. The maximum atomic E-state index is 12.7. The lowest BCUT2D eigenvalue weighted by Gasteiger charge is -2.32. The first-order valence-corrected chi connectivity index (χ1v) is 8.88. The number of nitrogens with zero attached hydrogens (tertiary/aromatic N) is 3. The molecule has 1 aliphatic rings. The number of rotatable bonds is 4. The van der Waals surface area contributed by atoms with E-state index in [1.807, 2.05) is 30.3 Å². The minimum absolute atomic E-state index is 0.0211. The van der Waals surface area contributed by atoms with Crippen molar-refractivity contribution in [3.8, 4) is 11.4 Å². The lowest BCUT2D eigenvalue weighted by atomic mass is 10.1. The zero-order valence-electron chi connectivity index (χ0n) is 14.9. The first-order chi connectivity index (χ1) is 13.5. The quantitative estimate of drug-likeness (QED) is 0.665. The Morgan fingerprint density at radius 2 is 1.79 bits per heavy atom. The van der Waals surface area contributed by atoms with Crippen LogP contribution in [0.2, 0.25) is 0 Å². The van der Waals surface area contributed by atoms with Crippen molar-refractivity contribution in [2.45, 2.75) is 18.8 Å². The van der Waals surface area contributed by atoms with Crippen LogP contribution in [0.5, 0.6) is 0 Å². The highest BCUT2D eigenvalue weighted by Gasteiger charge is 2.30. The molecule has 1 atom stereocenters. The van der Waals surface area contributed by atoms with Crippen LogP contribution in [0.3, 0.4) is 0 Å². The van der Waals surface area contributed by atoms with Crippen LogP contribution in [-0.4, -0.2) is 34.7 Å². The Kier molecular flexibility index (Phi) is 5.15. The number of benzene rings is 2. The second kappa shape index (κ2) is 7.73. The lowest BCUT2D eigenvalue weighted by Crippen LogP contribution is -2.37. The van der Waals surface area contributed by atoms with Crippen LogP contribution in [0.15, 0.2) is 59.1 Å². The Labute approximate surface area is 159 Å². The van der Waals surface area contributed by atoms with Gasteiger partial charge in [-0.05, 0) is 17.7 Å². The van der Waals surface area contributed by atoms with E-state index in [0.717, 1.165) is 24.2 Å². The first kappa shape index (κ1) is 18.6. The van der Waals surface area contributed by atoms with E-state index >= 15 is 0 Å². The van der Waals surface area contributed by atoms with Crippen molar-refractivity contribution in [2.24, 2.45) is 0 Å². The molecule has 0 spiro atoms. The van der Waals surface area contributed by atoms with E-state index in [4.69, 9.17) is 9.26 Å². The van der Waals surface area contributed by atoms with Gasteiger partial charge >= 0.3 is 6.18 Å². The molecule has 0 bridgehead atoms. The van der Waals surface area contributed by atoms with Crippen molar-refractivity contribution in [3.63, 3.8) is 0 Å². The predicted molar refractivity (Wildman–Crippen MR) is 95.1 cm³/mol. The number of aromatic nitrogens is 2. The smallest absolute Gasteiger partial charge is 0.371 e. The van der Waals surface area contributed by atoms with Crippen molar-refractivity contribution in [2.75, 3.05) is 19.7 Å². The number of morpholine rings is 1. The maximum absolute atomic E-state index is 12.7. The molecular formula is C20H18F3N3O2. The normalized spacial score (nSPS) is 18.3. The topological polar surface area (TPSA) is 51.4 Å². The highest BCUT2D eigenvalue weighted by molar-refractivity contribution is 5.54. The van der Waals surface area contributed by atoms with Gasteiger partial charge in [-0.25, -0.2) is 0 Å². The van der Waals surface area contributed by atoms with Gasteiger partial charge in [0.1, 0.15) is 0 Å². The average molecular weight is 389 g/mol. The monoisotopic (exact) mass is 389 g/mol. The highest BCUT2D eigenvalue weighted by atomic mass is 19.4. The van der Waals surface area contributed by atoms with E-state index in [1.54, 1.807) is 0 Å². The molecule has 5 nitrogen and oxygen atoms in total. The first-order valence-electron chi connectivity index (χ1n) is 8.88. The van der Waals surface area contributed by atoms with Crippen molar-refractivity contribution >= 4 is 0 Å². The SMILES string of the molecule is FC(F)(F)c1ccc(-c2noc(CN3CCOC(c4ccccc4)C3)n2)cc1. The molecule has 1 aliphatic heterocycles. The van der Waals surface area contributed by atoms with Gasteiger partial charge in [0.2, 0.25) is 11.7 Å². The van der Waals surface area contributed by atoms with Crippen LogP contribution in [0.1, 0.15) is 23.1 Å². The van der Waals surface area contributed by atoms with Crippen LogP contribution in [0, 0.1) is 0 Å². The van der Waals surface area contributed by atoms with Crippen LogP contribution in [-0.2, 0) is 17.5 Å². The van der Waals surface area contributed by atoms with E-state index < -0.39 is 11.7 Å². The Bertz CT molecular complexity index is 910. The Hall–Kier alpha value is -2.71. The molecule has 1 saturated heterocycles.